The molecule has 0 radical (unpaired) electrons. The normalized spacial score (nSPS) is 17.9. The summed E-state index contributed by atoms with van der Waals surface area (Å²) in [7, 11) is 0. The molecule has 1 aliphatic rings. The van der Waals surface area contributed by atoms with Crippen LogP contribution in [-0.4, -0.2) is 42.6 Å². The molecular weight excluding hydrogens is 258 g/mol. The molecule has 0 unspecified atom stereocenters. The van der Waals surface area contributed by atoms with Gasteiger partial charge in [-0.15, -0.1) is 0 Å². The molecule has 6 nitrogen and oxygen atoms in total. The van der Waals surface area contributed by atoms with Gasteiger partial charge in [0, 0.05) is 13.1 Å². The highest BCUT2D eigenvalue weighted by atomic mass is 16.5. The van der Waals surface area contributed by atoms with Crippen LogP contribution in [0.5, 0.6) is 0 Å². The number of nitrogens with zero attached hydrogens (tertiary/aromatic N) is 1. The average Bonchev–Trinajstić information content (AvgIpc) is 2.94. The maximum absolute atomic E-state index is 11.7. The van der Waals surface area contributed by atoms with Crippen molar-refractivity contribution in [3.8, 4) is 0 Å². The number of hydrogen-bond acceptors (Lipinski definition) is 4. The lowest BCUT2D eigenvalue weighted by atomic mass is 10.2. The first kappa shape index (κ1) is 14.3. The van der Waals surface area contributed by atoms with Crippen LogP contribution in [0.2, 0.25) is 0 Å². The Balaban J connectivity index is 1.72. The molecular formula is C14H19N3O3. The van der Waals surface area contributed by atoms with Crippen molar-refractivity contribution < 1.29 is 14.3 Å². The van der Waals surface area contributed by atoms with Crippen LogP contribution in [0.15, 0.2) is 30.3 Å². The Morgan fingerprint density at radius 1 is 1.35 bits per heavy atom. The van der Waals surface area contributed by atoms with Crippen LogP contribution in [0.25, 0.3) is 0 Å². The van der Waals surface area contributed by atoms with Gasteiger partial charge in [-0.25, -0.2) is 4.79 Å². The molecule has 20 heavy (non-hydrogen) atoms. The summed E-state index contributed by atoms with van der Waals surface area (Å²) in [6, 6.07) is 9.42. The van der Waals surface area contributed by atoms with Gasteiger partial charge in [0.25, 0.3) is 0 Å². The van der Waals surface area contributed by atoms with Crippen molar-refractivity contribution >= 4 is 12.0 Å². The van der Waals surface area contributed by atoms with Crippen LogP contribution in [0.3, 0.4) is 0 Å². The highest BCUT2D eigenvalue weighted by molar-refractivity contribution is 5.78. The number of likely N-dealkylation sites (tertiary alicyclic amines) is 1. The molecule has 1 heterocycles. The average molecular weight is 277 g/mol. The zero-order valence-corrected chi connectivity index (χ0v) is 11.2. The summed E-state index contributed by atoms with van der Waals surface area (Å²) in [4.78, 5) is 24.7. The third kappa shape index (κ3) is 3.96. The minimum Gasteiger partial charge on any atom is -0.445 e. The molecule has 2 amide bonds. The van der Waals surface area contributed by atoms with E-state index in [0.29, 0.717) is 13.1 Å². The molecule has 6 heteroatoms. The molecule has 1 aromatic rings. The summed E-state index contributed by atoms with van der Waals surface area (Å²) >= 11 is 0. The van der Waals surface area contributed by atoms with E-state index in [1.807, 2.05) is 30.3 Å². The fraction of sp³-hybridized carbons (Fsp3) is 0.429. The van der Waals surface area contributed by atoms with Crippen molar-refractivity contribution in [2.75, 3.05) is 19.6 Å². The molecule has 0 aliphatic carbocycles. The SMILES string of the molecule is NCC(=O)N1CC[C@H](NC(=O)OCc2ccccc2)C1. The second-order valence-electron chi connectivity index (χ2n) is 4.74. The van der Waals surface area contributed by atoms with Gasteiger partial charge in [0.05, 0.1) is 12.6 Å². The first-order chi connectivity index (χ1) is 9.69. The highest BCUT2D eigenvalue weighted by Crippen LogP contribution is 2.09. The molecule has 1 aromatic carbocycles. The van der Waals surface area contributed by atoms with Gasteiger partial charge in [0.2, 0.25) is 5.91 Å². The van der Waals surface area contributed by atoms with Gasteiger partial charge in [0.15, 0.2) is 0 Å². The summed E-state index contributed by atoms with van der Waals surface area (Å²) < 4.78 is 5.13. The first-order valence-electron chi connectivity index (χ1n) is 6.64. The molecule has 0 aromatic heterocycles. The van der Waals surface area contributed by atoms with Crippen LogP contribution in [0.1, 0.15) is 12.0 Å². The van der Waals surface area contributed by atoms with Gasteiger partial charge in [-0.2, -0.15) is 0 Å². The molecule has 3 N–H and O–H groups in total. The van der Waals surface area contributed by atoms with Crippen molar-refractivity contribution in [3.05, 3.63) is 35.9 Å². The molecule has 2 rings (SSSR count). The van der Waals surface area contributed by atoms with E-state index in [9.17, 15) is 9.59 Å². The number of carbonyl (C=O) groups is 2. The predicted molar refractivity (Wildman–Crippen MR) is 73.8 cm³/mol. The van der Waals surface area contributed by atoms with E-state index in [1.165, 1.54) is 0 Å². The number of alkyl carbamates (subject to hydrolysis) is 1. The first-order valence-corrected chi connectivity index (χ1v) is 6.64. The molecule has 108 valence electrons. The standard InChI is InChI=1S/C14H19N3O3/c15-8-13(18)17-7-6-12(9-17)16-14(19)20-10-11-4-2-1-3-5-11/h1-5,12H,6-10,15H2,(H,16,19)/t12-/m0/s1. The van der Waals surface area contributed by atoms with Crippen LogP contribution < -0.4 is 11.1 Å². The van der Waals surface area contributed by atoms with Gasteiger partial charge in [0.1, 0.15) is 6.61 Å². The van der Waals surface area contributed by atoms with Gasteiger partial charge in [-0.1, -0.05) is 30.3 Å². The topological polar surface area (TPSA) is 84.7 Å². The summed E-state index contributed by atoms with van der Waals surface area (Å²) in [6.07, 6.45) is 0.271. The Bertz CT molecular complexity index is 464. The lowest BCUT2D eigenvalue weighted by molar-refractivity contribution is -0.128. The van der Waals surface area contributed by atoms with E-state index >= 15 is 0 Å². The molecule has 1 atom stereocenters. The Morgan fingerprint density at radius 3 is 2.80 bits per heavy atom. The van der Waals surface area contributed by atoms with E-state index in [-0.39, 0.29) is 25.1 Å². The van der Waals surface area contributed by atoms with Crippen molar-refractivity contribution in [1.82, 2.24) is 10.2 Å². The van der Waals surface area contributed by atoms with E-state index in [4.69, 9.17) is 10.5 Å². The predicted octanol–water partition coefficient (Wildman–Crippen LogP) is 0.472. The Kier molecular flexibility index (Phi) is 4.95. The van der Waals surface area contributed by atoms with E-state index in [1.54, 1.807) is 4.90 Å². The molecule has 0 saturated carbocycles. The van der Waals surface area contributed by atoms with Crippen LogP contribution >= 0.6 is 0 Å². The smallest absolute Gasteiger partial charge is 0.407 e. The molecule has 0 bridgehead atoms. The number of benzene rings is 1. The third-order valence-electron chi connectivity index (χ3n) is 3.25. The van der Waals surface area contributed by atoms with Crippen LogP contribution in [-0.2, 0) is 16.1 Å². The molecule has 0 spiro atoms. The molecule has 1 aliphatic heterocycles. The van der Waals surface area contributed by atoms with Crippen LogP contribution in [0, 0.1) is 0 Å². The van der Waals surface area contributed by atoms with Crippen LogP contribution in [0.4, 0.5) is 4.79 Å². The minimum atomic E-state index is -0.457. The lowest BCUT2D eigenvalue weighted by Crippen LogP contribution is -2.40. The Labute approximate surface area is 117 Å². The zero-order valence-electron chi connectivity index (χ0n) is 11.2. The Morgan fingerprint density at radius 2 is 2.10 bits per heavy atom. The number of ether oxygens (including phenoxy) is 1. The maximum Gasteiger partial charge on any atom is 0.407 e. The summed E-state index contributed by atoms with van der Waals surface area (Å²) in [5, 5.41) is 2.76. The van der Waals surface area contributed by atoms with Crippen molar-refractivity contribution in [3.63, 3.8) is 0 Å². The Hall–Kier alpha value is -2.08. The number of rotatable bonds is 4. The monoisotopic (exact) mass is 277 g/mol. The maximum atomic E-state index is 11.7. The van der Waals surface area contributed by atoms with E-state index < -0.39 is 6.09 Å². The largest absolute Gasteiger partial charge is 0.445 e. The molecule has 1 saturated heterocycles. The zero-order chi connectivity index (χ0) is 14.4. The van der Waals surface area contributed by atoms with Gasteiger partial charge in [-0.05, 0) is 12.0 Å². The van der Waals surface area contributed by atoms with Crippen molar-refractivity contribution in [2.24, 2.45) is 5.73 Å². The second-order valence-corrected chi connectivity index (χ2v) is 4.74. The molecule has 1 fully saturated rings. The van der Waals surface area contributed by atoms with Crippen molar-refractivity contribution in [2.45, 2.75) is 19.1 Å². The number of hydrogen-bond donors (Lipinski definition) is 2. The van der Waals surface area contributed by atoms with Gasteiger partial charge in [-0.3, -0.25) is 4.79 Å². The minimum absolute atomic E-state index is 0.00513. The van der Waals surface area contributed by atoms with Gasteiger partial charge >= 0.3 is 6.09 Å². The quantitative estimate of drug-likeness (QED) is 0.838. The number of amides is 2. The number of nitrogens with one attached hydrogen (secondary N) is 1. The second kappa shape index (κ2) is 6.91. The fourth-order valence-electron chi connectivity index (χ4n) is 2.17. The third-order valence-corrected chi connectivity index (χ3v) is 3.25. The summed E-state index contributed by atoms with van der Waals surface area (Å²) in [5.41, 5.74) is 6.25. The number of nitrogens with two attached hydrogens (primary N) is 1. The highest BCUT2D eigenvalue weighted by Gasteiger charge is 2.26. The summed E-state index contributed by atoms with van der Waals surface area (Å²) in [6.45, 7) is 1.37. The van der Waals surface area contributed by atoms with Gasteiger partial charge < -0.3 is 20.7 Å². The number of carbonyl (C=O) groups excluding carboxylic acids is 2. The van der Waals surface area contributed by atoms with E-state index in [2.05, 4.69) is 5.32 Å². The van der Waals surface area contributed by atoms with E-state index in [0.717, 1.165) is 12.0 Å². The lowest BCUT2D eigenvalue weighted by Gasteiger charge is -2.16. The fourth-order valence-corrected chi connectivity index (χ4v) is 2.17. The summed E-state index contributed by atoms with van der Waals surface area (Å²) in [5.74, 6) is -0.0908. The van der Waals surface area contributed by atoms with Crippen molar-refractivity contribution in [1.29, 1.82) is 0 Å².